The van der Waals surface area contributed by atoms with Crippen LogP contribution in [0.25, 0.3) is 0 Å². The molecule has 25 heavy (non-hydrogen) atoms. The average molecular weight is 364 g/mol. The molecule has 2 rings (SSSR count). The Morgan fingerprint density at radius 2 is 1.80 bits per heavy atom. The van der Waals surface area contributed by atoms with Crippen LogP contribution in [0.1, 0.15) is 5.56 Å². The van der Waals surface area contributed by atoms with Gasteiger partial charge < -0.3 is 26.3 Å². The molecule has 2 aromatic rings. The van der Waals surface area contributed by atoms with Crippen LogP contribution in [0.2, 0.25) is 0 Å². The first-order valence-corrected chi connectivity index (χ1v) is 8.37. The van der Waals surface area contributed by atoms with E-state index in [2.05, 4.69) is 20.3 Å². The van der Waals surface area contributed by atoms with Crippen molar-refractivity contribution in [1.82, 2.24) is 20.3 Å². The molecule has 0 radical (unpaired) electrons. The van der Waals surface area contributed by atoms with Crippen molar-refractivity contribution < 1.29 is 14.3 Å². The summed E-state index contributed by atoms with van der Waals surface area (Å²) < 4.78 is 10.4. The number of nitrogen functional groups attached to an aromatic ring is 2. The van der Waals surface area contributed by atoms with Crippen LogP contribution in [0.3, 0.4) is 0 Å². The lowest BCUT2D eigenvalue weighted by atomic mass is 10.1. The van der Waals surface area contributed by atoms with Crippen molar-refractivity contribution in [2.45, 2.75) is 11.6 Å². The van der Waals surface area contributed by atoms with E-state index in [1.807, 2.05) is 18.2 Å². The Morgan fingerprint density at radius 3 is 2.44 bits per heavy atom. The smallest absolute Gasteiger partial charge is 0.230 e. The van der Waals surface area contributed by atoms with Crippen LogP contribution in [0, 0.1) is 0 Å². The minimum Gasteiger partial charge on any atom is -0.493 e. The molecule has 1 amide bonds. The Hall–Kier alpha value is -2.75. The number of ether oxygens (including phenoxy) is 2. The molecule has 0 aliphatic carbocycles. The van der Waals surface area contributed by atoms with Gasteiger partial charge in [-0.05, 0) is 24.1 Å². The molecule has 0 aliphatic heterocycles. The molecule has 0 spiro atoms. The van der Waals surface area contributed by atoms with Crippen molar-refractivity contribution in [3.63, 3.8) is 0 Å². The van der Waals surface area contributed by atoms with Crippen LogP contribution in [-0.4, -0.2) is 47.4 Å². The van der Waals surface area contributed by atoms with Gasteiger partial charge in [-0.3, -0.25) is 4.79 Å². The number of carbonyl (C=O) groups is 1. The van der Waals surface area contributed by atoms with Crippen LogP contribution >= 0.6 is 11.8 Å². The first kappa shape index (κ1) is 18.6. The second-order valence-corrected chi connectivity index (χ2v) is 5.85. The summed E-state index contributed by atoms with van der Waals surface area (Å²) >= 11 is 1.14. The van der Waals surface area contributed by atoms with E-state index in [1.54, 1.807) is 14.2 Å². The summed E-state index contributed by atoms with van der Waals surface area (Å²) in [5, 5.41) is 3.15. The van der Waals surface area contributed by atoms with Crippen molar-refractivity contribution in [3.8, 4) is 11.5 Å². The average Bonchev–Trinajstić information content (AvgIpc) is 2.59. The van der Waals surface area contributed by atoms with Gasteiger partial charge in [0.2, 0.25) is 17.8 Å². The normalized spacial score (nSPS) is 10.3. The number of carbonyl (C=O) groups excluding carboxylic acids is 1. The second-order valence-electron chi connectivity index (χ2n) is 4.91. The highest BCUT2D eigenvalue weighted by Crippen LogP contribution is 2.27. The van der Waals surface area contributed by atoms with Gasteiger partial charge in [-0.15, -0.1) is 0 Å². The van der Waals surface area contributed by atoms with E-state index in [1.165, 1.54) is 0 Å². The van der Waals surface area contributed by atoms with Crippen LogP contribution in [0.4, 0.5) is 11.9 Å². The van der Waals surface area contributed by atoms with Crippen molar-refractivity contribution in [1.29, 1.82) is 0 Å². The molecular formula is C15H20N6O3S. The molecule has 1 aromatic heterocycles. The van der Waals surface area contributed by atoms with E-state index in [4.69, 9.17) is 20.9 Å². The fourth-order valence-corrected chi connectivity index (χ4v) is 2.69. The van der Waals surface area contributed by atoms with Gasteiger partial charge in [0.15, 0.2) is 16.7 Å². The number of methoxy groups -OCH3 is 2. The summed E-state index contributed by atoms with van der Waals surface area (Å²) in [7, 11) is 3.17. The quantitative estimate of drug-likeness (QED) is 0.572. The lowest BCUT2D eigenvalue weighted by Crippen LogP contribution is -2.27. The predicted molar refractivity (Wildman–Crippen MR) is 95.6 cm³/mol. The predicted octanol–water partition coefficient (Wildman–Crippen LogP) is 0.504. The molecule has 0 saturated heterocycles. The van der Waals surface area contributed by atoms with Gasteiger partial charge in [-0.2, -0.15) is 15.0 Å². The Labute approximate surface area is 149 Å². The third kappa shape index (κ3) is 5.68. The van der Waals surface area contributed by atoms with Gasteiger partial charge in [0.1, 0.15) is 0 Å². The maximum Gasteiger partial charge on any atom is 0.230 e. The lowest BCUT2D eigenvalue weighted by Gasteiger charge is -2.10. The van der Waals surface area contributed by atoms with Crippen LogP contribution in [-0.2, 0) is 11.2 Å². The van der Waals surface area contributed by atoms with Crippen molar-refractivity contribution in [2.24, 2.45) is 0 Å². The van der Waals surface area contributed by atoms with E-state index < -0.39 is 0 Å². The van der Waals surface area contributed by atoms with E-state index in [0.29, 0.717) is 29.6 Å². The number of rotatable bonds is 8. The van der Waals surface area contributed by atoms with Gasteiger partial charge in [0, 0.05) is 6.54 Å². The van der Waals surface area contributed by atoms with Gasteiger partial charge in [0.25, 0.3) is 0 Å². The summed E-state index contributed by atoms with van der Waals surface area (Å²) in [5.74, 6) is 1.42. The molecule has 0 bridgehead atoms. The molecule has 0 fully saturated rings. The summed E-state index contributed by atoms with van der Waals surface area (Å²) in [4.78, 5) is 23.4. The molecule has 0 unspecified atom stereocenters. The number of amides is 1. The topological polar surface area (TPSA) is 138 Å². The Morgan fingerprint density at radius 1 is 1.12 bits per heavy atom. The zero-order chi connectivity index (χ0) is 18.2. The summed E-state index contributed by atoms with van der Waals surface area (Å²) in [6, 6.07) is 5.65. The molecular weight excluding hydrogens is 344 g/mol. The van der Waals surface area contributed by atoms with Crippen molar-refractivity contribution >= 4 is 29.6 Å². The number of thioether (sulfide) groups is 1. The maximum atomic E-state index is 11.9. The van der Waals surface area contributed by atoms with E-state index in [-0.39, 0.29) is 23.6 Å². The van der Waals surface area contributed by atoms with Crippen LogP contribution < -0.4 is 26.3 Å². The van der Waals surface area contributed by atoms with Crippen molar-refractivity contribution in [3.05, 3.63) is 23.8 Å². The Kier molecular flexibility index (Phi) is 6.63. The van der Waals surface area contributed by atoms with Crippen LogP contribution in [0.5, 0.6) is 11.5 Å². The number of hydrogen-bond acceptors (Lipinski definition) is 9. The third-order valence-corrected chi connectivity index (χ3v) is 4.01. The summed E-state index contributed by atoms with van der Waals surface area (Å²) in [6.45, 7) is 0.496. The number of nitrogens with two attached hydrogens (primary N) is 2. The van der Waals surface area contributed by atoms with E-state index in [9.17, 15) is 4.79 Å². The zero-order valence-electron chi connectivity index (χ0n) is 14.0. The minimum atomic E-state index is -0.136. The third-order valence-electron chi connectivity index (χ3n) is 3.17. The number of nitrogens with zero attached hydrogens (tertiary/aromatic N) is 3. The molecule has 1 heterocycles. The van der Waals surface area contributed by atoms with Crippen molar-refractivity contribution in [2.75, 3.05) is 38.0 Å². The largest absolute Gasteiger partial charge is 0.493 e. The Bertz CT molecular complexity index is 723. The highest BCUT2D eigenvalue weighted by atomic mass is 32.2. The zero-order valence-corrected chi connectivity index (χ0v) is 14.8. The molecule has 10 heteroatoms. The molecule has 0 aliphatic rings. The highest BCUT2D eigenvalue weighted by molar-refractivity contribution is 7.99. The first-order valence-electron chi connectivity index (χ1n) is 7.39. The van der Waals surface area contributed by atoms with Gasteiger partial charge >= 0.3 is 0 Å². The number of aromatic nitrogens is 3. The van der Waals surface area contributed by atoms with E-state index in [0.717, 1.165) is 17.3 Å². The number of anilines is 2. The minimum absolute atomic E-state index is 0.0314. The second kappa shape index (κ2) is 8.92. The fraction of sp³-hybridized carbons (Fsp3) is 0.333. The number of benzene rings is 1. The summed E-state index contributed by atoms with van der Waals surface area (Å²) in [5.41, 5.74) is 12.0. The Balaban J connectivity index is 1.78. The standard InChI is InChI=1S/C15H20N6O3S/c1-23-10-4-3-9(7-11(10)24-2)5-6-18-12(22)8-25-15-20-13(16)19-14(17)21-15/h3-4,7H,5-6,8H2,1-2H3,(H,18,22)(H4,16,17,19,20,21). The number of nitrogens with one attached hydrogen (secondary N) is 1. The maximum absolute atomic E-state index is 11.9. The van der Waals surface area contributed by atoms with Crippen LogP contribution in [0.15, 0.2) is 23.4 Å². The molecule has 1 aromatic carbocycles. The molecule has 0 saturated carbocycles. The van der Waals surface area contributed by atoms with E-state index >= 15 is 0 Å². The molecule has 0 atom stereocenters. The SMILES string of the molecule is COc1ccc(CCNC(=O)CSc2nc(N)nc(N)n2)cc1OC. The number of hydrogen-bond donors (Lipinski definition) is 3. The van der Waals surface area contributed by atoms with Gasteiger partial charge in [-0.25, -0.2) is 0 Å². The highest BCUT2D eigenvalue weighted by Gasteiger charge is 2.08. The molecule has 134 valence electrons. The molecule has 9 nitrogen and oxygen atoms in total. The monoisotopic (exact) mass is 364 g/mol. The fourth-order valence-electron chi connectivity index (χ4n) is 2.02. The molecule has 5 N–H and O–H groups in total. The summed E-state index contributed by atoms with van der Waals surface area (Å²) in [6.07, 6.45) is 0.669. The lowest BCUT2D eigenvalue weighted by molar-refractivity contribution is -0.118. The first-order chi connectivity index (χ1) is 12.0. The van der Waals surface area contributed by atoms with Gasteiger partial charge in [0.05, 0.1) is 20.0 Å². The van der Waals surface area contributed by atoms with Gasteiger partial charge in [-0.1, -0.05) is 17.8 Å².